The van der Waals surface area contributed by atoms with Crippen LogP contribution in [0.2, 0.25) is 0 Å². The van der Waals surface area contributed by atoms with E-state index in [1.807, 2.05) is 13.2 Å². The van der Waals surface area contributed by atoms with Crippen LogP contribution in [-0.2, 0) is 16.6 Å². The molecule has 4 nitrogen and oxygen atoms in total. The Bertz CT molecular complexity index is 472. The topological polar surface area (TPSA) is 72.2 Å². The lowest BCUT2D eigenvalue weighted by Crippen LogP contribution is -2.26. The summed E-state index contributed by atoms with van der Waals surface area (Å²) in [5, 5.41) is 0. The average Bonchev–Trinajstić information content (AvgIpc) is 2.29. The highest BCUT2D eigenvalue weighted by molar-refractivity contribution is 7.98. The molecule has 0 radical (unpaired) electrons. The molecule has 1 rings (SSSR count). The molecule has 96 valence electrons. The Morgan fingerprint density at radius 2 is 2.12 bits per heavy atom. The summed E-state index contributed by atoms with van der Waals surface area (Å²) in [5.74, 6) is 0.763. The number of benzene rings is 1. The van der Waals surface area contributed by atoms with Gasteiger partial charge in [0.05, 0.1) is 4.90 Å². The second-order valence-corrected chi connectivity index (χ2v) is 6.44. The molecule has 0 unspecified atom stereocenters. The van der Waals surface area contributed by atoms with Crippen molar-refractivity contribution in [3.63, 3.8) is 0 Å². The molecule has 0 bridgehead atoms. The van der Waals surface area contributed by atoms with E-state index in [2.05, 4.69) is 4.72 Å². The van der Waals surface area contributed by atoms with E-state index in [4.69, 9.17) is 5.73 Å². The predicted molar refractivity (Wildman–Crippen MR) is 72.6 cm³/mol. The van der Waals surface area contributed by atoms with Crippen molar-refractivity contribution in [1.29, 1.82) is 0 Å². The summed E-state index contributed by atoms with van der Waals surface area (Å²) in [4.78, 5) is 0.299. The normalized spacial score (nSPS) is 11.7. The maximum Gasteiger partial charge on any atom is 0.240 e. The number of hydrogen-bond donors (Lipinski definition) is 2. The molecule has 0 spiro atoms. The van der Waals surface area contributed by atoms with E-state index in [0.29, 0.717) is 18.0 Å². The number of thioether (sulfide) groups is 1. The van der Waals surface area contributed by atoms with Gasteiger partial charge in [0.25, 0.3) is 0 Å². The van der Waals surface area contributed by atoms with Gasteiger partial charge in [-0.25, -0.2) is 13.1 Å². The van der Waals surface area contributed by atoms with Crippen molar-refractivity contribution < 1.29 is 8.42 Å². The minimum absolute atomic E-state index is 0.299. The molecule has 1 aromatic carbocycles. The zero-order valence-electron chi connectivity index (χ0n) is 10.1. The summed E-state index contributed by atoms with van der Waals surface area (Å²) in [6, 6.07) is 5.01. The lowest BCUT2D eigenvalue weighted by Gasteiger charge is -2.09. The van der Waals surface area contributed by atoms with Crippen molar-refractivity contribution >= 4 is 21.8 Å². The minimum Gasteiger partial charge on any atom is -0.326 e. The van der Waals surface area contributed by atoms with Gasteiger partial charge in [-0.3, -0.25) is 0 Å². The van der Waals surface area contributed by atoms with Crippen LogP contribution in [0, 0.1) is 6.92 Å². The van der Waals surface area contributed by atoms with Crippen molar-refractivity contribution in [1.82, 2.24) is 4.72 Å². The zero-order valence-corrected chi connectivity index (χ0v) is 11.7. The first-order chi connectivity index (χ1) is 8.01. The molecule has 0 aromatic heterocycles. The van der Waals surface area contributed by atoms with Gasteiger partial charge in [-0.1, -0.05) is 6.07 Å². The fourth-order valence-electron chi connectivity index (χ4n) is 1.43. The van der Waals surface area contributed by atoms with Crippen LogP contribution in [0.1, 0.15) is 11.1 Å². The molecule has 0 aliphatic rings. The van der Waals surface area contributed by atoms with E-state index >= 15 is 0 Å². The van der Waals surface area contributed by atoms with Crippen LogP contribution in [0.25, 0.3) is 0 Å². The van der Waals surface area contributed by atoms with E-state index in [1.165, 1.54) is 0 Å². The fourth-order valence-corrected chi connectivity index (χ4v) is 2.98. The van der Waals surface area contributed by atoms with Gasteiger partial charge >= 0.3 is 0 Å². The first-order valence-corrected chi connectivity index (χ1v) is 8.17. The number of nitrogens with two attached hydrogens (primary N) is 1. The molecule has 0 aliphatic carbocycles. The minimum atomic E-state index is -3.38. The number of nitrogens with one attached hydrogen (secondary N) is 1. The van der Waals surface area contributed by atoms with Gasteiger partial charge in [-0.05, 0) is 36.4 Å². The Hall–Kier alpha value is -0.560. The van der Waals surface area contributed by atoms with Crippen LogP contribution in [0.5, 0.6) is 0 Å². The third-order valence-electron chi connectivity index (χ3n) is 2.44. The quantitative estimate of drug-likeness (QED) is 0.762. The second kappa shape index (κ2) is 6.39. The van der Waals surface area contributed by atoms with E-state index < -0.39 is 10.0 Å². The number of hydrogen-bond acceptors (Lipinski definition) is 4. The van der Waals surface area contributed by atoms with Crippen molar-refractivity contribution in [3.05, 3.63) is 29.3 Å². The molecule has 0 saturated carbocycles. The standard InChI is InChI=1S/C11H18N2O2S2/c1-9-7-11(4-3-10(9)8-12)17(14,15)13-5-6-16-2/h3-4,7,13H,5-6,8,12H2,1-2H3. The molecule has 3 N–H and O–H groups in total. The van der Waals surface area contributed by atoms with Crippen molar-refractivity contribution in [2.24, 2.45) is 5.73 Å². The Morgan fingerprint density at radius 1 is 1.41 bits per heavy atom. The molecule has 0 heterocycles. The summed E-state index contributed by atoms with van der Waals surface area (Å²) in [6.45, 7) is 2.73. The van der Waals surface area contributed by atoms with Gasteiger partial charge in [0, 0.05) is 18.8 Å². The van der Waals surface area contributed by atoms with E-state index in [9.17, 15) is 8.42 Å². The second-order valence-electron chi connectivity index (χ2n) is 3.68. The van der Waals surface area contributed by atoms with E-state index in [1.54, 1.807) is 30.0 Å². The van der Waals surface area contributed by atoms with Crippen LogP contribution >= 0.6 is 11.8 Å². The maximum atomic E-state index is 11.9. The zero-order chi connectivity index (χ0) is 12.9. The summed E-state index contributed by atoms with van der Waals surface area (Å²) >= 11 is 1.60. The Balaban J connectivity index is 2.88. The van der Waals surface area contributed by atoms with Crippen LogP contribution < -0.4 is 10.5 Å². The Kier molecular flexibility index (Phi) is 5.45. The van der Waals surface area contributed by atoms with Gasteiger partial charge in [0.15, 0.2) is 0 Å². The molecule has 0 amide bonds. The SMILES string of the molecule is CSCCNS(=O)(=O)c1ccc(CN)c(C)c1. The Labute approximate surface area is 107 Å². The first kappa shape index (κ1) is 14.5. The number of aryl methyl sites for hydroxylation is 1. The van der Waals surface area contributed by atoms with E-state index in [0.717, 1.165) is 16.9 Å². The molecule has 0 saturated heterocycles. The van der Waals surface area contributed by atoms with Gasteiger partial charge in [0.1, 0.15) is 0 Å². The third kappa shape index (κ3) is 3.99. The molecule has 0 atom stereocenters. The fraction of sp³-hybridized carbons (Fsp3) is 0.455. The number of rotatable bonds is 6. The molecule has 0 aliphatic heterocycles. The summed E-state index contributed by atoms with van der Waals surface area (Å²) in [7, 11) is -3.38. The highest BCUT2D eigenvalue weighted by atomic mass is 32.2. The molecular weight excluding hydrogens is 256 g/mol. The summed E-state index contributed by atoms with van der Waals surface area (Å²) in [6.07, 6.45) is 1.94. The Morgan fingerprint density at radius 3 is 2.65 bits per heavy atom. The van der Waals surface area contributed by atoms with Crippen LogP contribution in [-0.4, -0.2) is 27.0 Å². The lowest BCUT2D eigenvalue weighted by molar-refractivity contribution is 0.584. The van der Waals surface area contributed by atoms with Gasteiger partial charge in [0.2, 0.25) is 10.0 Å². The van der Waals surface area contributed by atoms with Crippen molar-refractivity contribution in [2.45, 2.75) is 18.4 Å². The third-order valence-corrected chi connectivity index (χ3v) is 4.51. The van der Waals surface area contributed by atoms with Crippen LogP contribution in [0.4, 0.5) is 0 Å². The average molecular weight is 274 g/mol. The highest BCUT2D eigenvalue weighted by Gasteiger charge is 2.13. The monoisotopic (exact) mass is 274 g/mol. The van der Waals surface area contributed by atoms with Crippen LogP contribution in [0.3, 0.4) is 0 Å². The highest BCUT2D eigenvalue weighted by Crippen LogP contribution is 2.14. The molecular formula is C11H18N2O2S2. The molecule has 0 fully saturated rings. The largest absolute Gasteiger partial charge is 0.326 e. The first-order valence-electron chi connectivity index (χ1n) is 5.29. The van der Waals surface area contributed by atoms with Gasteiger partial charge in [-0.15, -0.1) is 0 Å². The maximum absolute atomic E-state index is 11.9. The summed E-state index contributed by atoms with van der Waals surface area (Å²) in [5.41, 5.74) is 7.41. The molecule has 6 heteroatoms. The predicted octanol–water partition coefficient (Wildman–Crippen LogP) is 1.10. The summed E-state index contributed by atoms with van der Waals surface area (Å²) < 4.78 is 26.4. The lowest BCUT2D eigenvalue weighted by atomic mass is 10.1. The van der Waals surface area contributed by atoms with Gasteiger partial charge < -0.3 is 5.73 Å². The molecule has 17 heavy (non-hydrogen) atoms. The van der Waals surface area contributed by atoms with Crippen molar-refractivity contribution in [3.8, 4) is 0 Å². The number of sulfonamides is 1. The smallest absolute Gasteiger partial charge is 0.240 e. The van der Waals surface area contributed by atoms with Crippen molar-refractivity contribution in [2.75, 3.05) is 18.6 Å². The molecule has 1 aromatic rings. The van der Waals surface area contributed by atoms with Gasteiger partial charge in [-0.2, -0.15) is 11.8 Å². The van der Waals surface area contributed by atoms with E-state index in [-0.39, 0.29) is 0 Å². The van der Waals surface area contributed by atoms with Crippen LogP contribution in [0.15, 0.2) is 23.1 Å².